The van der Waals surface area contributed by atoms with Gasteiger partial charge in [-0.25, -0.2) is 4.98 Å². The van der Waals surface area contributed by atoms with Crippen LogP contribution in [0.5, 0.6) is 0 Å². The minimum Gasteiger partial charge on any atom is -0.373 e. The van der Waals surface area contributed by atoms with E-state index < -0.39 is 0 Å². The Morgan fingerprint density at radius 1 is 1.44 bits per heavy atom. The maximum atomic E-state index is 4.54. The highest BCUT2D eigenvalue weighted by Gasteiger charge is 2.12. The highest BCUT2D eigenvalue weighted by Crippen LogP contribution is 2.13. The molecule has 0 aromatic carbocycles. The van der Waals surface area contributed by atoms with Crippen LogP contribution in [-0.4, -0.2) is 24.6 Å². The number of aryl methyl sites for hydroxylation is 1. The first-order valence-corrected chi connectivity index (χ1v) is 6.25. The first-order chi connectivity index (χ1) is 7.88. The zero-order chi connectivity index (χ0) is 11.2. The summed E-state index contributed by atoms with van der Waals surface area (Å²) in [5, 5.41) is 6.65. The molecule has 0 saturated carbocycles. The second-order valence-electron chi connectivity index (χ2n) is 4.45. The molecule has 0 spiro atoms. The molecule has 2 rings (SSSR count). The number of anilines is 1. The van der Waals surface area contributed by atoms with Crippen molar-refractivity contribution in [2.24, 2.45) is 0 Å². The number of nitrogens with zero attached hydrogens (tertiary/aromatic N) is 1. The van der Waals surface area contributed by atoms with Gasteiger partial charge in [0.05, 0.1) is 0 Å². The Kier molecular flexibility index (Phi) is 4.17. The molecule has 0 amide bonds. The van der Waals surface area contributed by atoms with E-state index in [1.54, 1.807) is 0 Å². The zero-order valence-electron chi connectivity index (χ0n) is 10.00. The molecule has 1 aliphatic rings. The van der Waals surface area contributed by atoms with Crippen molar-refractivity contribution in [3.63, 3.8) is 0 Å². The number of rotatable bonds is 4. The minimum absolute atomic E-state index is 0.703. The Balaban J connectivity index is 1.83. The van der Waals surface area contributed by atoms with Crippen LogP contribution in [0.1, 0.15) is 31.4 Å². The number of aromatic nitrogens is 1. The van der Waals surface area contributed by atoms with Crippen molar-refractivity contribution in [1.29, 1.82) is 0 Å². The van der Waals surface area contributed by atoms with Gasteiger partial charge in [0.1, 0.15) is 5.82 Å². The number of nitrogens with one attached hydrogen (secondary N) is 2. The number of hydrogen-bond donors (Lipinski definition) is 2. The van der Waals surface area contributed by atoms with Gasteiger partial charge in [0.15, 0.2) is 0 Å². The molecule has 1 fully saturated rings. The van der Waals surface area contributed by atoms with E-state index in [0.717, 1.165) is 12.2 Å². The zero-order valence-corrected chi connectivity index (χ0v) is 10.00. The summed E-state index contributed by atoms with van der Waals surface area (Å²) in [5.41, 5.74) is 1.19. The van der Waals surface area contributed by atoms with E-state index in [-0.39, 0.29) is 0 Å². The largest absolute Gasteiger partial charge is 0.373 e. The van der Waals surface area contributed by atoms with Crippen molar-refractivity contribution in [1.82, 2.24) is 10.3 Å². The van der Waals surface area contributed by atoms with E-state index in [4.69, 9.17) is 0 Å². The molecule has 2 heterocycles. The summed E-state index contributed by atoms with van der Waals surface area (Å²) in [5.74, 6) is 0.967. The van der Waals surface area contributed by atoms with Gasteiger partial charge in [0, 0.05) is 18.8 Å². The number of piperidine rings is 1. The van der Waals surface area contributed by atoms with E-state index >= 15 is 0 Å². The molecule has 0 radical (unpaired) electrons. The van der Waals surface area contributed by atoms with Crippen LogP contribution < -0.4 is 10.6 Å². The van der Waals surface area contributed by atoms with Gasteiger partial charge in [-0.15, -0.1) is 0 Å². The molecule has 1 aromatic rings. The molecule has 1 saturated heterocycles. The summed E-state index contributed by atoms with van der Waals surface area (Å²) in [6.07, 6.45) is 6.32. The molecule has 0 bridgehead atoms. The highest BCUT2D eigenvalue weighted by atomic mass is 15.0. The van der Waals surface area contributed by atoms with Gasteiger partial charge >= 0.3 is 0 Å². The summed E-state index contributed by atoms with van der Waals surface area (Å²) >= 11 is 0. The van der Waals surface area contributed by atoms with Gasteiger partial charge in [0.25, 0.3) is 0 Å². The van der Waals surface area contributed by atoms with Crippen LogP contribution in [0, 0.1) is 0 Å². The topological polar surface area (TPSA) is 37.0 Å². The Morgan fingerprint density at radius 2 is 2.38 bits per heavy atom. The van der Waals surface area contributed by atoms with Gasteiger partial charge in [-0.3, -0.25) is 0 Å². The van der Waals surface area contributed by atoms with Gasteiger partial charge in [0.2, 0.25) is 0 Å². The number of pyridine rings is 1. The molecule has 3 heteroatoms. The maximum Gasteiger partial charge on any atom is 0.125 e. The van der Waals surface area contributed by atoms with Crippen LogP contribution in [0.2, 0.25) is 0 Å². The van der Waals surface area contributed by atoms with Crippen molar-refractivity contribution < 1.29 is 0 Å². The molecule has 3 nitrogen and oxygen atoms in total. The summed E-state index contributed by atoms with van der Waals surface area (Å²) < 4.78 is 0. The van der Waals surface area contributed by atoms with E-state index in [0.29, 0.717) is 6.04 Å². The summed E-state index contributed by atoms with van der Waals surface area (Å²) in [4.78, 5) is 4.54. The van der Waals surface area contributed by atoms with Crippen molar-refractivity contribution >= 4 is 5.82 Å². The molecular formula is C13H21N3. The fourth-order valence-corrected chi connectivity index (χ4v) is 2.25. The van der Waals surface area contributed by atoms with Gasteiger partial charge in [-0.05, 0) is 44.4 Å². The molecule has 16 heavy (non-hydrogen) atoms. The monoisotopic (exact) mass is 219 g/mol. The lowest BCUT2D eigenvalue weighted by atomic mass is 9.99. The van der Waals surface area contributed by atoms with Crippen LogP contribution in [0.4, 0.5) is 5.82 Å². The third-order valence-electron chi connectivity index (χ3n) is 3.22. The van der Waals surface area contributed by atoms with Gasteiger partial charge in [-0.2, -0.15) is 0 Å². The first kappa shape index (κ1) is 11.4. The summed E-state index contributed by atoms with van der Waals surface area (Å²) in [7, 11) is 1.91. The van der Waals surface area contributed by atoms with Crippen molar-refractivity contribution in [3.8, 4) is 0 Å². The van der Waals surface area contributed by atoms with Crippen LogP contribution in [0.25, 0.3) is 0 Å². The fourth-order valence-electron chi connectivity index (χ4n) is 2.25. The molecule has 2 N–H and O–H groups in total. The quantitative estimate of drug-likeness (QED) is 0.815. The predicted octanol–water partition coefficient (Wildman–Crippen LogP) is 2.20. The van der Waals surface area contributed by atoms with E-state index in [9.17, 15) is 0 Å². The summed E-state index contributed by atoms with van der Waals surface area (Å²) in [6, 6.07) is 6.89. The second-order valence-corrected chi connectivity index (χ2v) is 4.45. The van der Waals surface area contributed by atoms with Gasteiger partial charge < -0.3 is 10.6 Å². The minimum atomic E-state index is 0.703. The molecule has 1 aliphatic heterocycles. The maximum absolute atomic E-state index is 4.54. The Labute approximate surface area is 97.7 Å². The van der Waals surface area contributed by atoms with E-state index in [1.807, 2.05) is 13.1 Å². The fraction of sp³-hybridized carbons (Fsp3) is 0.615. The normalized spacial score (nSPS) is 20.7. The van der Waals surface area contributed by atoms with Crippen molar-refractivity contribution in [2.75, 3.05) is 18.9 Å². The van der Waals surface area contributed by atoms with Crippen LogP contribution in [-0.2, 0) is 6.42 Å². The summed E-state index contributed by atoms with van der Waals surface area (Å²) in [6.45, 7) is 1.19. The molecule has 0 aliphatic carbocycles. The number of hydrogen-bond acceptors (Lipinski definition) is 3. The lowest BCUT2D eigenvalue weighted by Gasteiger charge is -2.23. The lowest BCUT2D eigenvalue weighted by Crippen LogP contribution is -2.34. The van der Waals surface area contributed by atoms with Crippen LogP contribution >= 0.6 is 0 Å². The van der Waals surface area contributed by atoms with Crippen molar-refractivity contribution in [2.45, 2.75) is 38.1 Å². The molecule has 88 valence electrons. The van der Waals surface area contributed by atoms with Crippen LogP contribution in [0.15, 0.2) is 18.2 Å². The Bertz CT molecular complexity index is 319. The van der Waals surface area contributed by atoms with E-state index in [2.05, 4.69) is 27.8 Å². The average Bonchev–Trinajstić information content (AvgIpc) is 2.38. The third kappa shape index (κ3) is 3.20. The molecule has 1 unspecified atom stereocenters. The molecule has 1 atom stereocenters. The van der Waals surface area contributed by atoms with E-state index in [1.165, 1.54) is 37.9 Å². The molecular weight excluding hydrogens is 198 g/mol. The predicted molar refractivity (Wildman–Crippen MR) is 67.7 cm³/mol. The Hall–Kier alpha value is -1.09. The van der Waals surface area contributed by atoms with Crippen LogP contribution in [0.3, 0.4) is 0 Å². The Morgan fingerprint density at radius 3 is 3.12 bits per heavy atom. The smallest absolute Gasteiger partial charge is 0.125 e. The lowest BCUT2D eigenvalue weighted by molar-refractivity contribution is 0.382. The molecule has 1 aromatic heterocycles. The highest BCUT2D eigenvalue weighted by molar-refractivity contribution is 5.34. The van der Waals surface area contributed by atoms with Crippen molar-refractivity contribution in [3.05, 3.63) is 23.9 Å². The van der Waals surface area contributed by atoms with Gasteiger partial charge in [-0.1, -0.05) is 12.5 Å². The standard InChI is InChI=1S/C13H21N3/c1-14-13-7-4-6-12(16-13)9-8-11-5-2-3-10-15-11/h4,6-7,11,15H,2-3,5,8-10H2,1H3,(H,14,16). The average molecular weight is 219 g/mol. The second kappa shape index (κ2) is 5.85. The SMILES string of the molecule is CNc1cccc(CCC2CCCCN2)n1. The first-order valence-electron chi connectivity index (χ1n) is 6.25. The third-order valence-corrected chi connectivity index (χ3v) is 3.22.